The van der Waals surface area contributed by atoms with E-state index in [4.69, 9.17) is 4.42 Å². The zero-order valence-corrected chi connectivity index (χ0v) is 14.0. The molecule has 0 aromatic carbocycles. The van der Waals surface area contributed by atoms with Crippen molar-refractivity contribution in [2.24, 2.45) is 0 Å². The lowest BCUT2D eigenvalue weighted by molar-refractivity contribution is 0.0855. The van der Waals surface area contributed by atoms with Gasteiger partial charge in [0.1, 0.15) is 0 Å². The minimum absolute atomic E-state index is 0.0515. The lowest BCUT2D eigenvalue weighted by atomic mass is 9.93. The van der Waals surface area contributed by atoms with Crippen LogP contribution in [0.1, 0.15) is 64.1 Å². The molecule has 0 radical (unpaired) electrons. The van der Waals surface area contributed by atoms with Gasteiger partial charge >= 0.3 is 0 Å². The molecule has 2 aliphatic rings. The number of hydrogen-bond donors (Lipinski definition) is 0. The summed E-state index contributed by atoms with van der Waals surface area (Å²) in [6, 6.07) is 1.61. The first-order valence-electron chi connectivity index (χ1n) is 8.44. The fourth-order valence-corrected chi connectivity index (χ4v) is 3.94. The van der Waals surface area contributed by atoms with Gasteiger partial charge in [-0.3, -0.25) is 4.90 Å². The normalized spacial score (nSPS) is 28.4. The molecule has 2 aromatic heterocycles. The van der Waals surface area contributed by atoms with Gasteiger partial charge in [-0.05, 0) is 25.7 Å². The molecule has 124 valence electrons. The Kier molecular flexibility index (Phi) is 3.48. The predicted octanol–water partition coefficient (Wildman–Crippen LogP) is 2.33. The zero-order chi connectivity index (χ0) is 16.0. The molecular weight excluding hydrogens is 292 g/mol. The smallest absolute Gasteiger partial charge is 0.230 e. The van der Waals surface area contributed by atoms with Crippen molar-refractivity contribution in [1.29, 1.82) is 0 Å². The Morgan fingerprint density at radius 1 is 1.13 bits per heavy atom. The molecule has 2 unspecified atom stereocenters. The predicted molar refractivity (Wildman–Crippen MR) is 83.6 cm³/mol. The fraction of sp³-hybridized carbons (Fsp3) is 0.750. The summed E-state index contributed by atoms with van der Waals surface area (Å²) >= 11 is 0. The van der Waals surface area contributed by atoms with Crippen LogP contribution in [0.15, 0.2) is 17.0 Å². The fourth-order valence-electron chi connectivity index (χ4n) is 3.94. The number of rotatable bonds is 3. The molecule has 23 heavy (non-hydrogen) atoms. The minimum atomic E-state index is 0.0515. The molecule has 0 saturated carbocycles. The number of hydrogen-bond acceptors (Lipinski definition) is 6. The van der Waals surface area contributed by atoms with Crippen LogP contribution >= 0.6 is 0 Å². The molecular formula is C16H24N6O. The summed E-state index contributed by atoms with van der Waals surface area (Å²) in [5, 5.41) is 16.6. The van der Waals surface area contributed by atoms with Crippen molar-refractivity contribution >= 4 is 0 Å². The molecule has 0 aliphatic carbocycles. The number of piperidine rings is 1. The first-order valence-corrected chi connectivity index (χ1v) is 8.44. The van der Waals surface area contributed by atoms with E-state index in [-0.39, 0.29) is 5.41 Å². The molecule has 2 bridgehead atoms. The molecule has 7 heteroatoms. The van der Waals surface area contributed by atoms with E-state index in [0.29, 0.717) is 18.1 Å². The Hall–Kier alpha value is -1.76. The summed E-state index contributed by atoms with van der Waals surface area (Å²) < 4.78 is 7.41. The SMILES string of the molecule is CC(C)(C)c1cn(C2CC3CCC(C2)N3Cc2nnco2)nn1. The van der Waals surface area contributed by atoms with Crippen LogP contribution in [0.25, 0.3) is 0 Å². The maximum Gasteiger partial charge on any atom is 0.230 e. The molecule has 7 nitrogen and oxygen atoms in total. The standard InChI is InChI=1S/C16H24N6O/c1-16(2,3)14-8-22(20-18-14)13-6-11-4-5-12(7-13)21(11)9-15-19-17-10-23-15/h8,10-13H,4-7,9H2,1-3H3. The van der Waals surface area contributed by atoms with Crippen LogP contribution in [0.2, 0.25) is 0 Å². The molecule has 0 spiro atoms. The van der Waals surface area contributed by atoms with Gasteiger partial charge < -0.3 is 4.42 Å². The maximum atomic E-state index is 5.32. The highest BCUT2D eigenvalue weighted by molar-refractivity contribution is 5.08. The monoisotopic (exact) mass is 316 g/mol. The van der Waals surface area contributed by atoms with Gasteiger partial charge in [-0.1, -0.05) is 26.0 Å². The topological polar surface area (TPSA) is 72.9 Å². The molecule has 2 aromatic rings. The van der Waals surface area contributed by atoms with Crippen molar-refractivity contribution in [3.63, 3.8) is 0 Å². The van der Waals surface area contributed by atoms with E-state index in [1.807, 2.05) is 0 Å². The number of fused-ring (bicyclic) bond motifs is 2. The maximum absolute atomic E-state index is 5.32. The van der Waals surface area contributed by atoms with Crippen LogP contribution in [0.4, 0.5) is 0 Å². The lowest BCUT2D eigenvalue weighted by Gasteiger charge is -2.37. The van der Waals surface area contributed by atoms with Crippen molar-refractivity contribution in [3.8, 4) is 0 Å². The van der Waals surface area contributed by atoms with Crippen LogP contribution in [-0.4, -0.2) is 42.2 Å². The van der Waals surface area contributed by atoms with Crippen molar-refractivity contribution in [3.05, 3.63) is 24.2 Å². The van der Waals surface area contributed by atoms with Crippen LogP contribution in [0.3, 0.4) is 0 Å². The summed E-state index contributed by atoms with van der Waals surface area (Å²) in [4.78, 5) is 2.53. The zero-order valence-electron chi connectivity index (χ0n) is 14.0. The first kappa shape index (κ1) is 14.8. The Bertz CT molecular complexity index is 644. The van der Waals surface area contributed by atoms with Gasteiger partial charge in [0.2, 0.25) is 12.3 Å². The highest BCUT2D eigenvalue weighted by Crippen LogP contribution is 2.41. The molecule has 2 fully saturated rings. The van der Waals surface area contributed by atoms with E-state index in [9.17, 15) is 0 Å². The van der Waals surface area contributed by atoms with E-state index in [1.165, 1.54) is 19.2 Å². The lowest BCUT2D eigenvalue weighted by Crippen LogP contribution is -2.43. The average Bonchev–Trinajstić information content (AvgIpc) is 3.20. The Balaban J connectivity index is 1.48. The van der Waals surface area contributed by atoms with Crippen molar-refractivity contribution in [1.82, 2.24) is 30.1 Å². The second kappa shape index (κ2) is 5.40. The van der Waals surface area contributed by atoms with Gasteiger partial charge in [-0.25, -0.2) is 4.68 Å². The van der Waals surface area contributed by atoms with Gasteiger partial charge in [-0.2, -0.15) is 0 Å². The molecule has 4 rings (SSSR count). The van der Waals surface area contributed by atoms with Gasteiger partial charge in [-0.15, -0.1) is 15.3 Å². The van der Waals surface area contributed by atoms with Crippen LogP contribution in [0.5, 0.6) is 0 Å². The van der Waals surface area contributed by atoms with Crippen molar-refractivity contribution in [2.45, 2.75) is 76.5 Å². The Morgan fingerprint density at radius 3 is 2.43 bits per heavy atom. The van der Waals surface area contributed by atoms with E-state index < -0.39 is 0 Å². The molecule has 2 saturated heterocycles. The second-order valence-electron chi connectivity index (χ2n) is 7.85. The van der Waals surface area contributed by atoms with E-state index in [0.717, 1.165) is 31.0 Å². The van der Waals surface area contributed by atoms with Gasteiger partial charge in [0.05, 0.1) is 18.3 Å². The van der Waals surface area contributed by atoms with Crippen molar-refractivity contribution < 1.29 is 4.42 Å². The molecule has 4 heterocycles. The van der Waals surface area contributed by atoms with Gasteiger partial charge in [0, 0.05) is 23.7 Å². The summed E-state index contributed by atoms with van der Waals surface area (Å²) in [5.74, 6) is 0.719. The molecule has 2 atom stereocenters. The third kappa shape index (κ3) is 2.78. The number of aromatic nitrogens is 5. The van der Waals surface area contributed by atoms with Crippen LogP contribution < -0.4 is 0 Å². The van der Waals surface area contributed by atoms with Gasteiger partial charge in [0.25, 0.3) is 0 Å². The van der Waals surface area contributed by atoms with E-state index in [2.05, 4.69) is 57.1 Å². The minimum Gasteiger partial charge on any atom is -0.427 e. The first-order chi connectivity index (χ1) is 11.0. The highest BCUT2D eigenvalue weighted by Gasteiger charge is 2.42. The summed E-state index contributed by atoms with van der Waals surface area (Å²) in [5.41, 5.74) is 1.12. The highest BCUT2D eigenvalue weighted by atomic mass is 16.4. The summed E-state index contributed by atoms with van der Waals surface area (Å²) in [7, 11) is 0. The third-order valence-electron chi connectivity index (χ3n) is 5.24. The summed E-state index contributed by atoms with van der Waals surface area (Å²) in [6.07, 6.45) is 8.28. The third-order valence-corrected chi connectivity index (χ3v) is 5.24. The molecule has 2 aliphatic heterocycles. The second-order valence-corrected chi connectivity index (χ2v) is 7.85. The molecule has 0 amide bonds. The van der Waals surface area contributed by atoms with Crippen LogP contribution in [0, 0.1) is 0 Å². The molecule has 0 N–H and O–H groups in total. The number of nitrogens with zero attached hydrogens (tertiary/aromatic N) is 6. The quantitative estimate of drug-likeness (QED) is 0.865. The largest absolute Gasteiger partial charge is 0.427 e. The average molecular weight is 316 g/mol. The van der Waals surface area contributed by atoms with E-state index in [1.54, 1.807) is 0 Å². The Morgan fingerprint density at radius 2 is 1.87 bits per heavy atom. The van der Waals surface area contributed by atoms with Crippen LogP contribution in [-0.2, 0) is 12.0 Å². The van der Waals surface area contributed by atoms with Gasteiger partial charge in [0.15, 0.2) is 0 Å². The summed E-state index contributed by atoms with van der Waals surface area (Å²) in [6.45, 7) is 7.31. The van der Waals surface area contributed by atoms with Crippen molar-refractivity contribution in [2.75, 3.05) is 0 Å². The van der Waals surface area contributed by atoms with E-state index >= 15 is 0 Å². The Labute approximate surface area is 136 Å².